The van der Waals surface area contributed by atoms with Crippen LogP contribution in [0.25, 0.3) is 11.3 Å². The van der Waals surface area contributed by atoms with Crippen LogP contribution in [0, 0.1) is 20.2 Å². The van der Waals surface area contributed by atoms with Crippen LogP contribution in [0.2, 0.25) is 0 Å². The van der Waals surface area contributed by atoms with Crippen LogP contribution in [0.3, 0.4) is 0 Å². The van der Waals surface area contributed by atoms with Gasteiger partial charge in [-0.3, -0.25) is 25.7 Å². The number of benzene rings is 2. The molecule has 0 saturated heterocycles. The lowest BCUT2D eigenvalue weighted by molar-refractivity contribution is -0.385. The maximum absolute atomic E-state index is 10.7. The smallest absolute Gasteiger partial charge is 0.258 e. The lowest BCUT2D eigenvalue weighted by Gasteiger charge is -1.97. The Morgan fingerprint density at radius 1 is 0.962 bits per heavy atom. The number of non-ortho nitro benzene ring substituents is 2. The van der Waals surface area contributed by atoms with Gasteiger partial charge in [0.2, 0.25) is 5.13 Å². The van der Waals surface area contributed by atoms with Crippen LogP contribution in [0.5, 0.6) is 0 Å². The Kier molecular flexibility index (Phi) is 4.94. The van der Waals surface area contributed by atoms with Gasteiger partial charge in [-0.2, -0.15) is 5.10 Å². The molecule has 1 heterocycles. The third kappa shape index (κ3) is 4.05. The van der Waals surface area contributed by atoms with Gasteiger partial charge in [0, 0.05) is 35.2 Å². The summed E-state index contributed by atoms with van der Waals surface area (Å²) in [6.45, 7) is 0. The second kappa shape index (κ2) is 7.49. The van der Waals surface area contributed by atoms with E-state index in [1.165, 1.54) is 41.8 Å². The molecule has 10 heteroatoms. The monoisotopic (exact) mass is 369 g/mol. The van der Waals surface area contributed by atoms with Gasteiger partial charge in [0.1, 0.15) is 0 Å². The van der Waals surface area contributed by atoms with Gasteiger partial charge < -0.3 is 0 Å². The molecular weight excluding hydrogens is 358 g/mol. The predicted molar refractivity (Wildman–Crippen MR) is 98.5 cm³/mol. The Balaban J connectivity index is 1.64. The first-order chi connectivity index (χ1) is 12.5. The van der Waals surface area contributed by atoms with E-state index in [4.69, 9.17) is 0 Å². The highest BCUT2D eigenvalue weighted by atomic mass is 32.1. The molecule has 0 fully saturated rings. The van der Waals surface area contributed by atoms with E-state index in [1.54, 1.807) is 24.3 Å². The molecule has 0 aliphatic carbocycles. The first-order valence-electron chi connectivity index (χ1n) is 7.27. The van der Waals surface area contributed by atoms with Crippen LogP contribution in [-0.2, 0) is 0 Å². The predicted octanol–water partition coefficient (Wildman–Crippen LogP) is 4.07. The Labute approximate surface area is 150 Å². The zero-order valence-electron chi connectivity index (χ0n) is 13.1. The van der Waals surface area contributed by atoms with Crippen LogP contribution in [-0.4, -0.2) is 21.0 Å². The number of thiazole rings is 1. The van der Waals surface area contributed by atoms with Gasteiger partial charge in [0.05, 0.1) is 21.8 Å². The van der Waals surface area contributed by atoms with Crippen LogP contribution in [0.4, 0.5) is 16.5 Å². The number of nitro groups is 2. The molecule has 3 aromatic rings. The number of nitrogens with one attached hydrogen (secondary N) is 1. The normalized spacial score (nSPS) is 10.8. The molecule has 0 aliphatic heterocycles. The molecule has 0 bridgehead atoms. The molecule has 1 N–H and O–H groups in total. The van der Waals surface area contributed by atoms with E-state index in [0.717, 1.165) is 5.56 Å². The van der Waals surface area contributed by atoms with Crippen LogP contribution in [0.1, 0.15) is 5.56 Å². The van der Waals surface area contributed by atoms with E-state index in [9.17, 15) is 20.2 Å². The van der Waals surface area contributed by atoms with Crippen molar-refractivity contribution in [1.82, 2.24) is 4.98 Å². The first-order valence-corrected chi connectivity index (χ1v) is 8.15. The van der Waals surface area contributed by atoms with Crippen LogP contribution in [0.15, 0.2) is 59.0 Å². The average molecular weight is 369 g/mol. The summed E-state index contributed by atoms with van der Waals surface area (Å²) in [4.78, 5) is 24.7. The molecule has 9 nitrogen and oxygen atoms in total. The number of hydrogen-bond acceptors (Lipinski definition) is 8. The van der Waals surface area contributed by atoms with Crippen molar-refractivity contribution in [2.75, 3.05) is 5.43 Å². The third-order valence-corrected chi connectivity index (χ3v) is 4.10. The largest absolute Gasteiger partial charge is 0.269 e. The molecule has 130 valence electrons. The average Bonchev–Trinajstić information content (AvgIpc) is 3.11. The Bertz CT molecular complexity index is 967. The van der Waals surface area contributed by atoms with E-state index in [2.05, 4.69) is 15.5 Å². The van der Waals surface area contributed by atoms with Crippen molar-refractivity contribution in [2.24, 2.45) is 5.10 Å². The standard InChI is InChI=1S/C16H11N5O4S/c22-20(23)13-5-1-11(2-6-13)9-17-19-16-18-15(10-26-16)12-3-7-14(8-4-12)21(24)25/h1-10H,(H,18,19)/b17-9-. The van der Waals surface area contributed by atoms with Crippen molar-refractivity contribution in [3.8, 4) is 11.3 Å². The maximum Gasteiger partial charge on any atom is 0.269 e. The Morgan fingerprint density at radius 3 is 2.12 bits per heavy atom. The summed E-state index contributed by atoms with van der Waals surface area (Å²) in [5.74, 6) is 0. The quantitative estimate of drug-likeness (QED) is 0.397. The highest BCUT2D eigenvalue weighted by Crippen LogP contribution is 2.26. The molecule has 1 aromatic heterocycles. The van der Waals surface area contributed by atoms with Crippen molar-refractivity contribution in [3.05, 3.63) is 79.7 Å². The van der Waals surface area contributed by atoms with E-state index in [0.29, 0.717) is 16.4 Å². The topological polar surface area (TPSA) is 124 Å². The molecular formula is C16H11N5O4S. The first kappa shape index (κ1) is 17.2. The summed E-state index contributed by atoms with van der Waals surface area (Å²) in [5.41, 5.74) is 4.97. The van der Waals surface area contributed by atoms with Crippen molar-refractivity contribution >= 4 is 34.1 Å². The van der Waals surface area contributed by atoms with E-state index >= 15 is 0 Å². The van der Waals surface area contributed by atoms with E-state index < -0.39 is 9.85 Å². The molecule has 0 amide bonds. The summed E-state index contributed by atoms with van der Waals surface area (Å²) >= 11 is 1.34. The molecule has 0 spiro atoms. The Hall–Kier alpha value is -3.66. The van der Waals surface area contributed by atoms with Gasteiger partial charge in [-0.05, 0) is 29.8 Å². The van der Waals surface area contributed by atoms with Gasteiger partial charge in [-0.25, -0.2) is 4.98 Å². The minimum absolute atomic E-state index is 0.0165. The highest BCUT2D eigenvalue weighted by Gasteiger charge is 2.08. The second-order valence-corrected chi connectivity index (χ2v) is 5.92. The van der Waals surface area contributed by atoms with E-state index in [1.807, 2.05) is 5.38 Å². The maximum atomic E-state index is 10.7. The minimum atomic E-state index is -0.464. The summed E-state index contributed by atoms with van der Waals surface area (Å²) < 4.78 is 0. The molecule has 0 saturated carbocycles. The lowest BCUT2D eigenvalue weighted by Crippen LogP contribution is -1.91. The fourth-order valence-corrected chi connectivity index (χ4v) is 2.72. The fourth-order valence-electron chi connectivity index (χ4n) is 2.06. The number of rotatable bonds is 6. The highest BCUT2D eigenvalue weighted by molar-refractivity contribution is 7.14. The SMILES string of the molecule is O=[N+]([O-])c1ccc(/C=N\Nc2nc(-c3ccc([N+](=O)[O-])cc3)cs2)cc1. The van der Waals surface area contributed by atoms with Gasteiger partial charge >= 0.3 is 0 Å². The van der Waals surface area contributed by atoms with Gasteiger partial charge in [-0.1, -0.05) is 0 Å². The van der Waals surface area contributed by atoms with Crippen molar-refractivity contribution < 1.29 is 9.85 Å². The summed E-state index contributed by atoms with van der Waals surface area (Å²) in [5, 5.41) is 27.7. The number of aromatic nitrogens is 1. The number of anilines is 1. The summed E-state index contributed by atoms with van der Waals surface area (Å²) in [6.07, 6.45) is 1.52. The number of nitro benzene ring substituents is 2. The molecule has 0 atom stereocenters. The van der Waals surface area contributed by atoms with Crippen molar-refractivity contribution in [3.63, 3.8) is 0 Å². The third-order valence-electron chi connectivity index (χ3n) is 3.36. The van der Waals surface area contributed by atoms with Gasteiger partial charge in [0.25, 0.3) is 11.4 Å². The minimum Gasteiger partial charge on any atom is -0.258 e. The van der Waals surface area contributed by atoms with Gasteiger partial charge in [0.15, 0.2) is 0 Å². The molecule has 0 unspecified atom stereocenters. The molecule has 2 aromatic carbocycles. The molecule has 0 aliphatic rings. The molecule has 0 radical (unpaired) electrons. The fraction of sp³-hybridized carbons (Fsp3) is 0. The molecule has 3 rings (SSSR count). The van der Waals surface area contributed by atoms with Gasteiger partial charge in [-0.15, -0.1) is 11.3 Å². The zero-order chi connectivity index (χ0) is 18.5. The molecule has 26 heavy (non-hydrogen) atoms. The second-order valence-electron chi connectivity index (χ2n) is 5.06. The number of hydrogen-bond donors (Lipinski definition) is 1. The van der Waals surface area contributed by atoms with Crippen LogP contribution >= 0.6 is 11.3 Å². The van der Waals surface area contributed by atoms with Crippen molar-refractivity contribution in [2.45, 2.75) is 0 Å². The number of hydrazone groups is 1. The summed E-state index contributed by atoms with van der Waals surface area (Å²) in [6, 6.07) is 12.1. The van der Waals surface area contributed by atoms with Crippen LogP contribution < -0.4 is 5.43 Å². The van der Waals surface area contributed by atoms with Crippen molar-refractivity contribution in [1.29, 1.82) is 0 Å². The summed E-state index contributed by atoms with van der Waals surface area (Å²) in [7, 11) is 0. The zero-order valence-corrected chi connectivity index (χ0v) is 13.9. The Morgan fingerprint density at radius 2 is 1.54 bits per heavy atom. The lowest BCUT2D eigenvalue weighted by atomic mass is 10.1. The van der Waals surface area contributed by atoms with E-state index in [-0.39, 0.29) is 11.4 Å². The number of nitrogens with zero attached hydrogens (tertiary/aromatic N) is 4.